The van der Waals surface area contributed by atoms with Gasteiger partial charge in [0.2, 0.25) is 0 Å². The standard InChI is InChI=1S/C6H9F3N2O2S/c7-6(8,9)5-1-3-11(4-2-5)14(10,12)13/h1H,2-4H2,(H2,10,12,13). The molecule has 1 aliphatic rings. The van der Waals surface area contributed by atoms with Crippen molar-refractivity contribution in [2.45, 2.75) is 12.6 Å². The van der Waals surface area contributed by atoms with Crippen molar-refractivity contribution >= 4 is 10.2 Å². The summed E-state index contributed by atoms with van der Waals surface area (Å²) in [7, 11) is -3.87. The third kappa shape index (κ3) is 2.69. The second-order valence-electron chi connectivity index (χ2n) is 2.88. The lowest BCUT2D eigenvalue weighted by molar-refractivity contribution is -0.0953. The lowest BCUT2D eigenvalue weighted by Gasteiger charge is -2.24. The Kier molecular flexibility index (Phi) is 2.88. The molecule has 0 saturated heterocycles. The van der Waals surface area contributed by atoms with E-state index in [0.29, 0.717) is 0 Å². The Morgan fingerprint density at radius 1 is 1.43 bits per heavy atom. The number of nitrogens with two attached hydrogens (primary N) is 1. The molecule has 0 aromatic rings. The summed E-state index contributed by atoms with van der Waals surface area (Å²) in [4.78, 5) is 0. The third-order valence-corrected chi connectivity index (χ3v) is 2.95. The molecule has 1 heterocycles. The van der Waals surface area contributed by atoms with Gasteiger partial charge in [0.1, 0.15) is 0 Å². The van der Waals surface area contributed by atoms with Crippen LogP contribution in [0.2, 0.25) is 0 Å². The van der Waals surface area contributed by atoms with Crippen LogP contribution in [0.4, 0.5) is 13.2 Å². The fourth-order valence-corrected chi connectivity index (χ4v) is 1.77. The topological polar surface area (TPSA) is 63.4 Å². The molecule has 0 fully saturated rings. The number of halogens is 3. The molecule has 0 bridgehead atoms. The predicted molar refractivity (Wildman–Crippen MR) is 43.4 cm³/mol. The van der Waals surface area contributed by atoms with Gasteiger partial charge in [-0.25, -0.2) is 5.14 Å². The second-order valence-corrected chi connectivity index (χ2v) is 4.43. The van der Waals surface area contributed by atoms with E-state index in [1.54, 1.807) is 0 Å². The number of hydrogen-bond donors (Lipinski definition) is 1. The van der Waals surface area contributed by atoms with Crippen molar-refractivity contribution in [1.82, 2.24) is 4.31 Å². The smallest absolute Gasteiger partial charge is 0.216 e. The summed E-state index contributed by atoms with van der Waals surface area (Å²) in [5, 5.41) is 4.75. The number of alkyl halides is 3. The Hall–Kier alpha value is -0.600. The van der Waals surface area contributed by atoms with E-state index in [2.05, 4.69) is 0 Å². The summed E-state index contributed by atoms with van der Waals surface area (Å²) >= 11 is 0. The minimum atomic E-state index is -4.37. The third-order valence-electron chi connectivity index (χ3n) is 1.90. The molecule has 1 aliphatic heterocycles. The van der Waals surface area contributed by atoms with E-state index < -0.39 is 22.0 Å². The van der Waals surface area contributed by atoms with Gasteiger partial charge in [0.25, 0.3) is 10.2 Å². The molecule has 0 atom stereocenters. The highest BCUT2D eigenvalue weighted by molar-refractivity contribution is 7.86. The van der Waals surface area contributed by atoms with Crippen molar-refractivity contribution in [3.63, 3.8) is 0 Å². The molecule has 2 N–H and O–H groups in total. The molecule has 0 aromatic carbocycles. The first-order valence-electron chi connectivity index (χ1n) is 3.75. The van der Waals surface area contributed by atoms with E-state index in [9.17, 15) is 21.6 Å². The minimum Gasteiger partial charge on any atom is -0.216 e. The van der Waals surface area contributed by atoms with E-state index >= 15 is 0 Å². The fourth-order valence-electron chi connectivity index (χ4n) is 1.14. The zero-order valence-electron chi connectivity index (χ0n) is 7.08. The first-order chi connectivity index (χ1) is 6.21. The van der Waals surface area contributed by atoms with Gasteiger partial charge in [-0.05, 0) is 6.42 Å². The molecule has 0 amide bonds. The van der Waals surface area contributed by atoms with Gasteiger partial charge >= 0.3 is 6.18 Å². The van der Waals surface area contributed by atoms with Gasteiger partial charge in [-0.3, -0.25) is 0 Å². The highest BCUT2D eigenvalue weighted by Gasteiger charge is 2.36. The Labute approximate surface area is 79.4 Å². The first kappa shape index (κ1) is 11.5. The molecule has 8 heteroatoms. The van der Waals surface area contributed by atoms with Crippen LogP contribution in [-0.4, -0.2) is 32.0 Å². The summed E-state index contributed by atoms with van der Waals surface area (Å²) in [6, 6.07) is 0. The van der Waals surface area contributed by atoms with E-state index in [1.807, 2.05) is 0 Å². The van der Waals surface area contributed by atoms with Gasteiger partial charge in [-0.1, -0.05) is 6.08 Å². The summed E-state index contributed by atoms with van der Waals surface area (Å²) in [5.74, 6) is 0. The Morgan fingerprint density at radius 2 is 2.00 bits per heavy atom. The zero-order valence-corrected chi connectivity index (χ0v) is 7.90. The molecule has 14 heavy (non-hydrogen) atoms. The van der Waals surface area contributed by atoms with Gasteiger partial charge < -0.3 is 0 Å². The molecular formula is C6H9F3N2O2S. The highest BCUT2D eigenvalue weighted by Crippen LogP contribution is 2.30. The average Bonchev–Trinajstić information content (AvgIpc) is 2.01. The van der Waals surface area contributed by atoms with Crippen LogP contribution >= 0.6 is 0 Å². The molecular weight excluding hydrogens is 221 g/mol. The maximum absolute atomic E-state index is 12.1. The lowest BCUT2D eigenvalue weighted by Crippen LogP contribution is -2.40. The van der Waals surface area contributed by atoms with Gasteiger partial charge in [-0.2, -0.15) is 25.9 Å². The number of hydrogen-bond acceptors (Lipinski definition) is 2. The first-order valence-corrected chi connectivity index (χ1v) is 5.25. The Balaban J connectivity index is 2.75. The zero-order chi connectivity index (χ0) is 11.0. The van der Waals surface area contributed by atoms with E-state index in [4.69, 9.17) is 5.14 Å². The molecule has 82 valence electrons. The van der Waals surface area contributed by atoms with Crippen LogP contribution in [-0.2, 0) is 10.2 Å². The summed E-state index contributed by atoms with van der Waals surface area (Å²) in [6.45, 7) is -0.530. The van der Waals surface area contributed by atoms with Crippen molar-refractivity contribution in [2.24, 2.45) is 5.14 Å². The maximum atomic E-state index is 12.1. The summed E-state index contributed by atoms with van der Waals surface area (Å²) < 4.78 is 58.6. The van der Waals surface area contributed by atoms with Crippen LogP contribution in [0.5, 0.6) is 0 Å². The molecule has 0 saturated carbocycles. The normalized spacial score (nSPS) is 20.7. The number of nitrogens with zero attached hydrogens (tertiary/aromatic N) is 1. The van der Waals surface area contributed by atoms with Gasteiger partial charge in [-0.15, -0.1) is 0 Å². The molecule has 1 rings (SSSR count). The van der Waals surface area contributed by atoms with Crippen LogP contribution in [0.1, 0.15) is 6.42 Å². The quantitative estimate of drug-likeness (QED) is 0.662. The molecule has 4 nitrogen and oxygen atoms in total. The van der Waals surface area contributed by atoms with Crippen LogP contribution < -0.4 is 5.14 Å². The molecule has 0 spiro atoms. The highest BCUT2D eigenvalue weighted by atomic mass is 32.2. The van der Waals surface area contributed by atoms with E-state index in [1.165, 1.54) is 0 Å². The van der Waals surface area contributed by atoms with E-state index in [-0.39, 0.29) is 19.5 Å². The van der Waals surface area contributed by atoms with Crippen LogP contribution in [0.15, 0.2) is 11.6 Å². The Bertz CT molecular complexity index is 347. The van der Waals surface area contributed by atoms with E-state index in [0.717, 1.165) is 10.4 Å². The average molecular weight is 230 g/mol. The van der Waals surface area contributed by atoms with Crippen molar-refractivity contribution in [3.05, 3.63) is 11.6 Å². The van der Waals surface area contributed by atoms with Crippen molar-refractivity contribution in [2.75, 3.05) is 13.1 Å². The molecule has 0 unspecified atom stereocenters. The fraction of sp³-hybridized carbons (Fsp3) is 0.667. The predicted octanol–water partition coefficient (Wildman–Crippen LogP) is 0.384. The van der Waals surface area contributed by atoms with Crippen molar-refractivity contribution < 1.29 is 21.6 Å². The van der Waals surface area contributed by atoms with Crippen molar-refractivity contribution in [3.8, 4) is 0 Å². The SMILES string of the molecule is NS(=O)(=O)N1CC=C(C(F)(F)F)CC1. The summed E-state index contributed by atoms with van der Waals surface area (Å²) in [5.41, 5.74) is -0.697. The van der Waals surface area contributed by atoms with Gasteiger partial charge in [0.15, 0.2) is 0 Å². The molecule has 0 aromatic heterocycles. The lowest BCUT2D eigenvalue weighted by atomic mass is 10.1. The van der Waals surface area contributed by atoms with Gasteiger partial charge in [0, 0.05) is 18.7 Å². The number of rotatable bonds is 1. The second kappa shape index (κ2) is 3.52. The monoisotopic (exact) mass is 230 g/mol. The largest absolute Gasteiger partial charge is 0.412 e. The Morgan fingerprint density at radius 3 is 2.29 bits per heavy atom. The van der Waals surface area contributed by atoms with Crippen LogP contribution in [0.3, 0.4) is 0 Å². The minimum absolute atomic E-state index is 0.218. The van der Waals surface area contributed by atoms with Crippen molar-refractivity contribution in [1.29, 1.82) is 0 Å². The molecule has 0 aliphatic carbocycles. The summed E-state index contributed by atoms with van der Waals surface area (Å²) in [6.07, 6.45) is -3.88. The maximum Gasteiger partial charge on any atom is 0.412 e. The molecule has 0 radical (unpaired) electrons. The van der Waals surface area contributed by atoms with Crippen LogP contribution in [0.25, 0.3) is 0 Å². The van der Waals surface area contributed by atoms with Gasteiger partial charge in [0.05, 0.1) is 0 Å². The van der Waals surface area contributed by atoms with Crippen LogP contribution in [0, 0.1) is 0 Å².